The van der Waals surface area contributed by atoms with Gasteiger partial charge in [0.05, 0.1) is 38.2 Å². The maximum atomic E-state index is 14.3. The van der Waals surface area contributed by atoms with Crippen LogP contribution in [0.4, 0.5) is 0 Å². The van der Waals surface area contributed by atoms with Gasteiger partial charge in [-0.15, -0.1) is 11.3 Å². The molecule has 2 bridgehead atoms. The van der Waals surface area contributed by atoms with Gasteiger partial charge in [-0.3, -0.25) is 4.79 Å². The van der Waals surface area contributed by atoms with Crippen LogP contribution in [0.1, 0.15) is 53.1 Å². The molecule has 3 heterocycles. The van der Waals surface area contributed by atoms with E-state index in [-0.39, 0.29) is 31.2 Å². The molecule has 1 saturated heterocycles. The van der Waals surface area contributed by atoms with E-state index in [1.165, 1.54) is 0 Å². The number of hydrogen-bond donors (Lipinski definition) is 2. The maximum absolute atomic E-state index is 14.3. The molecule has 1 aromatic heterocycles. The maximum Gasteiger partial charge on any atom is 0.252 e. The minimum absolute atomic E-state index is 0.0182. The van der Waals surface area contributed by atoms with Crippen LogP contribution in [-0.4, -0.2) is 58.8 Å². The lowest BCUT2D eigenvalue weighted by Gasteiger charge is -2.31. The second kappa shape index (κ2) is 14.3. The summed E-state index contributed by atoms with van der Waals surface area (Å²) in [5.74, 6) is 0.471. The molecule has 3 aliphatic rings. The van der Waals surface area contributed by atoms with Gasteiger partial charge in [0.1, 0.15) is 11.6 Å². The van der Waals surface area contributed by atoms with Crippen molar-refractivity contribution in [1.29, 1.82) is 0 Å². The predicted molar refractivity (Wildman–Crippen MR) is 176 cm³/mol. The molecule has 1 amide bonds. The number of carbonyl (C=O) groups excluding carboxylic acids is 1. The van der Waals surface area contributed by atoms with Crippen molar-refractivity contribution in [3.8, 4) is 5.75 Å². The number of rotatable bonds is 13. The summed E-state index contributed by atoms with van der Waals surface area (Å²) in [4.78, 5) is 21.9. The Kier molecular flexibility index (Phi) is 10.4. The van der Waals surface area contributed by atoms with Crippen molar-refractivity contribution in [2.75, 3.05) is 19.8 Å². The first-order valence-electron chi connectivity index (χ1n) is 14.8. The van der Waals surface area contributed by atoms with Crippen LogP contribution in [0.15, 0.2) is 42.1 Å². The zero-order chi connectivity index (χ0) is 30.8. The van der Waals surface area contributed by atoms with Gasteiger partial charge >= 0.3 is 0 Å². The minimum atomic E-state index is 0.0182. The summed E-state index contributed by atoms with van der Waals surface area (Å²) < 4.78 is 11.6. The Morgan fingerprint density at radius 1 is 1.07 bits per heavy atom. The SMILES string of the molecule is O=C(C1=C(c2cnc(COCCOc3c(Cl)cc(CCO)cc3Cl)s2)C[C@@H]2CC[C@H]1N2)N(Cc1cccc(Cl)c1Cl)C1CC1. The van der Waals surface area contributed by atoms with Gasteiger partial charge in [-0.2, -0.15) is 0 Å². The molecule has 2 N–H and O–H groups in total. The van der Waals surface area contributed by atoms with Gasteiger partial charge < -0.3 is 24.8 Å². The zero-order valence-electron chi connectivity index (χ0n) is 24.0. The Balaban J connectivity index is 1.12. The number of ether oxygens (including phenoxy) is 2. The molecule has 0 spiro atoms. The molecule has 3 aromatic rings. The minimum Gasteiger partial charge on any atom is -0.488 e. The number of benzene rings is 2. The number of halogens is 4. The van der Waals surface area contributed by atoms with Crippen molar-refractivity contribution in [2.45, 2.75) is 69.8 Å². The highest BCUT2D eigenvalue weighted by atomic mass is 35.5. The number of aliphatic hydroxyl groups excluding tert-OH is 1. The van der Waals surface area contributed by atoms with Crippen molar-refractivity contribution in [3.63, 3.8) is 0 Å². The smallest absolute Gasteiger partial charge is 0.252 e. The summed E-state index contributed by atoms with van der Waals surface area (Å²) in [5.41, 5.74) is 3.65. The molecule has 1 aliphatic carbocycles. The molecule has 44 heavy (non-hydrogen) atoms. The van der Waals surface area contributed by atoms with Crippen LogP contribution in [0.2, 0.25) is 20.1 Å². The summed E-state index contributed by atoms with van der Waals surface area (Å²) >= 11 is 27.0. The lowest BCUT2D eigenvalue weighted by molar-refractivity contribution is -0.128. The monoisotopic (exact) mass is 695 g/mol. The standard InChI is InChI=1S/C32H33Cl4N3O4S/c33-23-3-1-2-19(30(23)36)16-39(21-5-6-21)32(41)29-22(14-20-4-7-26(29)38-20)27-15-37-28(44-27)17-42-10-11-43-31-24(34)12-18(8-9-40)13-25(31)35/h1-3,12-13,15,20-21,26,38,40H,4-11,14,16-17H2/t20-,26+/m0/s1. The molecule has 1 saturated carbocycles. The van der Waals surface area contributed by atoms with Crippen LogP contribution in [0, 0.1) is 0 Å². The lowest BCUT2D eigenvalue weighted by Crippen LogP contribution is -2.44. The number of nitrogens with one attached hydrogen (secondary N) is 1. The Bertz CT molecular complexity index is 1540. The summed E-state index contributed by atoms with van der Waals surface area (Å²) in [6.45, 7) is 1.37. The van der Waals surface area contributed by atoms with E-state index in [1.807, 2.05) is 23.2 Å². The van der Waals surface area contributed by atoms with E-state index in [9.17, 15) is 4.79 Å². The molecule has 6 rings (SSSR count). The summed E-state index contributed by atoms with van der Waals surface area (Å²) in [5, 5.41) is 15.4. The molecule has 2 fully saturated rings. The molecule has 7 nitrogen and oxygen atoms in total. The first-order valence-corrected chi connectivity index (χ1v) is 17.1. The second-order valence-electron chi connectivity index (χ2n) is 11.3. The number of thiazole rings is 1. The van der Waals surface area contributed by atoms with Crippen molar-refractivity contribution in [1.82, 2.24) is 15.2 Å². The molecule has 2 aromatic carbocycles. The van der Waals surface area contributed by atoms with Crippen LogP contribution in [-0.2, 0) is 29.1 Å². The Hall–Kier alpha value is -1.88. The molecule has 234 valence electrons. The van der Waals surface area contributed by atoms with Gasteiger partial charge in [0.25, 0.3) is 5.91 Å². The molecule has 2 aliphatic heterocycles. The number of fused-ring (bicyclic) bond motifs is 2. The topological polar surface area (TPSA) is 83.9 Å². The van der Waals surface area contributed by atoms with E-state index in [4.69, 9.17) is 61.0 Å². The van der Waals surface area contributed by atoms with Gasteiger partial charge in [0.15, 0.2) is 5.75 Å². The molecular weight excluding hydrogens is 664 g/mol. The summed E-state index contributed by atoms with van der Waals surface area (Å²) in [7, 11) is 0. The third-order valence-electron chi connectivity index (χ3n) is 8.23. The van der Waals surface area contributed by atoms with Crippen LogP contribution in [0.3, 0.4) is 0 Å². The molecule has 0 unspecified atom stereocenters. The highest BCUT2D eigenvalue weighted by molar-refractivity contribution is 7.12. The van der Waals surface area contributed by atoms with Crippen molar-refractivity contribution < 1.29 is 19.4 Å². The molecular formula is C32H33Cl4N3O4S. The van der Waals surface area contributed by atoms with Crippen molar-refractivity contribution in [2.24, 2.45) is 0 Å². The van der Waals surface area contributed by atoms with Gasteiger partial charge in [0, 0.05) is 43.0 Å². The van der Waals surface area contributed by atoms with E-state index in [0.717, 1.165) is 64.3 Å². The normalized spacial score (nSPS) is 19.5. The number of nitrogens with zero attached hydrogens (tertiary/aromatic N) is 2. The van der Waals surface area contributed by atoms with Crippen molar-refractivity contribution >= 4 is 69.2 Å². The van der Waals surface area contributed by atoms with Crippen LogP contribution < -0.4 is 10.1 Å². The Morgan fingerprint density at radius 3 is 2.61 bits per heavy atom. The van der Waals surface area contributed by atoms with Gasteiger partial charge in [-0.1, -0.05) is 58.5 Å². The van der Waals surface area contributed by atoms with Gasteiger partial charge in [-0.05, 0) is 73.4 Å². The first-order chi connectivity index (χ1) is 21.3. The third kappa shape index (κ3) is 7.24. The van der Waals surface area contributed by atoms with E-state index in [0.29, 0.717) is 58.1 Å². The fourth-order valence-electron chi connectivity index (χ4n) is 5.95. The third-order valence-corrected chi connectivity index (χ3v) is 10.7. The molecule has 2 atom stereocenters. The largest absolute Gasteiger partial charge is 0.488 e. The highest BCUT2D eigenvalue weighted by Crippen LogP contribution is 2.42. The summed E-state index contributed by atoms with van der Waals surface area (Å²) in [6, 6.07) is 9.67. The molecule has 12 heteroatoms. The van der Waals surface area contributed by atoms with E-state index in [2.05, 4.69) is 10.3 Å². The number of aromatic nitrogens is 1. The van der Waals surface area contributed by atoms with Crippen LogP contribution >= 0.6 is 57.7 Å². The highest BCUT2D eigenvalue weighted by Gasteiger charge is 2.42. The summed E-state index contributed by atoms with van der Waals surface area (Å²) in [6.07, 6.45) is 7.11. The van der Waals surface area contributed by atoms with Gasteiger partial charge in [-0.25, -0.2) is 4.98 Å². The number of carbonyl (C=O) groups is 1. The van der Waals surface area contributed by atoms with Crippen LogP contribution in [0.5, 0.6) is 5.75 Å². The second-order valence-corrected chi connectivity index (χ2v) is 14.1. The average Bonchev–Trinajstić information content (AvgIpc) is 3.61. The lowest BCUT2D eigenvalue weighted by atomic mass is 9.93. The van der Waals surface area contributed by atoms with E-state index in [1.54, 1.807) is 29.5 Å². The average molecular weight is 698 g/mol. The fraction of sp³-hybridized carbons (Fsp3) is 0.438. The quantitative estimate of drug-likeness (QED) is 0.182. The van der Waals surface area contributed by atoms with Crippen molar-refractivity contribution in [3.05, 3.63) is 83.2 Å². The Labute approximate surface area is 281 Å². The fourth-order valence-corrected chi connectivity index (χ4v) is 7.89. The van der Waals surface area contributed by atoms with E-state index >= 15 is 0 Å². The Morgan fingerprint density at radius 2 is 1.86 bits per heavy atom. The predicted octanol–water partition coefficient (Wildman–Crippen LogP) is 7.36. The number of amides is 1. The van der Waals surface area contributed by atoms with Crippen LogP contribution in [0.25, 0.3) is 5.57 Å². The van der Waals surface area contributed by atoms with Gasteiger partial charge in [0.2, 0.25) is 0 Å². The zero-order valence-corrected chi connectivity index (χ0v) is 27.8. The molecule has 0 radical (unpaired) electrons. The first kappa shape index (κ1) is 32.1. The van der Waals surface area contributed by atoms with E-state index < -0.39 is 0 Å². The number of aliphatic hydroxyl groups is 1. The number of hydrogen-bond acceptors (Lipinski definition) is 7.